The van der Waals surface area contributed by atoms with Crippen molar-refractivity contribution in [3.8, 4) is 5.75 Å². The number of nitrogens with zero attached hydrogens (tertiary/aromatic N) is 2. The number of nitro groups is 1. The van der Waals surface area contributed by atoms with Crippen molar-refractivity contribution in [2.75, 3.05) is 38.3 Å². The number of nitro benzene ring substituents is 1. The zero-order valence-electron chi connectivity index (χ0n) is 15.0. The van der Waals surface area contributed by atoms with Gasteiger partial charge >= 0.3 is 0 Å². The molecule has 8 nitrogen and oxygen atoms in total. The van der Waals surface area contributed by atoms with Crippen LogP contribution in [0, 0.1) is 10.1 Å². The number of benzene rings is 2. The number of methoxy groups -OCH3 is 1. The number of carbonyl (C=O) groups excluding carboxylic acids is 1. The molecule has 3 rings (SSSR count). The molecular formula is C19H21N3O5. The first-order valence-corrected chi connectivity index (χ1v) is 8.61. The van der Waals surface area contributed by atoms with Crippen LogP contribution in [0.15, 0.2) is 42.5 Å². The quantitative estimate of drug-likeness (QED) is 0.619. The number of morpholine rings is 1. The molecule has 0 atom stereocenters. The van der Waals surface area contributed by atoms with E-state index in [2.05, 4.69) is 5.32 Å². The van der Waals surface area contributed by atoms with Gasteiger partial charge in [-0.05, 0) is 29.8 Å². The van der Waals surface area contributed by atoms with Gasteiger partial charge in [-0.25, -0.2) is 0 Å². The van der Waals surface area contributed by atoms with Gasteiger partial charge in [-0.2, -0.15) is 0 Å². The molecular weight excluding hydrogens is 350 g/mol. The molecule has 0 aromatic heterocycles. The Bertz CT molecular complexity index is 817. The van der Waals surface area contributed by atoms with Crippen LogP contribution in [0.25, 0.3) is 0 Å². The van der Waals surface area contributed by atoms with Crippen molar-refractivity contribution >= 4 is 17.3 Å². The maximum Gasteiger partial charge on any atom is 0.282 e. The molecule has 27 heavy (non-hydrogen) atoms. The van der Waals surface area contributed by atoms with E-state index in [1.807, 2.05) is 17.0 Å². The lowest BCUT2D eigenvalue weighted by atomic mass is 10.1. The molecule has 0 saturated carbocycles. The van der Waals surface area contributed by atoms with Crippen LogP contribution in [-0.2, 0) is 11.3 Å². The third-order valence-electron chi connectivity index (χ3n) is 4.41. The molecule has 0 spiro atoms. The normalized spacial score (nSPS) is 13.9. The topological polar surface area (TPSA) is 93.9 Å². The molecule has 2 aromatic carbocycles. The first-order valence-electron chi connectivity index (χ1n) is 8.61. The molecule has 1 N–H and O–H groups in total. The highest BCUT2D eigenvalue weighted by atomic mass is 16.6. The van der Waals surface area contributed by atoms with E-state index in [0.29, 0.717) is 26.3 Å². The van der Waals surface area contributed by atoms with Crippen LogP contribution in [0.1, 0.15) is 15.9 Å². The van der Waals surface area contributed by atoms with Crippen molar-refractivity contribution in [3.05, 3.63) is 63.7 Å². The van der Waals surface area contributed by atoms with Crippen molar-refractivity contribution in [2.45, 2.75) is 6.54 Å². The summed E-state index contributed by atoms with van der Waals surface area (Å²) in [6, 6.07) is 11.9. The fourth-order valence-electron chi connectivity index (χ4n) is 2.90. The van der Waals surface area contributed by atoms with Gasteiger partial charge in [-0.3, -0.25) is 14.9 Å². The Hall–Kier alpha value is -3.13. The Morgan fingerprint density at radius 2 is 1.93 bits per heavy atom. The van der Waals surface area contributed by atoms with E-state index < -0.39 is 10.8 Å². The molecule has 0 radical (unpaired) electrons. The highest BCUT2D eigenvalue weighted by molar-refractivity contribution is 5.99. The summed E-state index contributed by atoms with van der Waals surface area (Å²) in [7, 11) is 1.58. The fourth-order valence-corrected chi connectivity index (χ4v) is 2.90. The van der Waals surface area contributed by atoms with Crippen LogP contribution in [0.3, 0.4) is 0 Å². The van der Waals surface area contributed by atoms with E-state index in [9.17, 15) is 14.9 Å². The summed E-state index contributed by atoms with van der Waals surface area (Å²) in [5.74, 6) is 0.242. The van der Waals surface area contributed by atoms with Crippen LogP contribution in [0.4, 0.5) is 11.4 Å². The van der Waals surface area contributed by atoms with E-state index in [4.69, 9.17) is 9.47 Å². The van der Waals surface area contributed by atoms with E-state index >= 15 is 0 Å². The number of rotatable bonds is 6. The Morgan fingerprint density at radius 3 is 2.56 bits per heavy atom. The number of nitrogens with one attached hydrogen (secondary N) is 1. The largest absolute Gasteiger partial charge is 0.497 e. The molecule has 0 bridgehead atoms. The van der Waals surface area contributed by atoms with Gasteiger partial charge < -0.3 is 19.7 Å². The Labute approximate surface area is 156 Å². The average Bonchev–Trinajstić information content (AvgIpc) is 2.72. The van der Waals surface area contributed by atoms with E-state index in [0.717, 1.165) is 17.0 Å². The van der Waals surface area contributed by atoms with Crippen LogP contribution in [-0.4, -0.2) is 44.2 Å². The number of anilines is 1. The van der Waals surface area contributed by atoms with E-state index in [-0.39, 0.29) is 17.8 Å². The summed E-state index contributed by atoms with van der Waals surface area (Å²) in [6.45, 7) is 2.82. The lowest BCUT2D eigenvalue weighted by molar-refractivity contribution is -0.385. The van der Waals surface area contributed by atoms with Crippen molar-refractivity contribution in [3.63, 3.8) is 0 Å². The predicted molar refractivity (Wildman–Crippen MR) is 100 cm³/mol. The van der Waals surface area contributed by atoms with E-state index in [1.165, 1.54) is 6.07 Å². The Balaban J connectivity index is 1.77. The molecule has 1 aliphatic heterocycles. The minimum absolute atomic E-state index is 0.0532. The zero-order valence-corrected chi connectivity index (χ0v) is 15.0. The second kappa shape index (κ2) is 8.50. The maximum atomic E-state index is 12.6. The minimum atomic E-state index is -0.536. The van der Waals surface area contributed by atoms with Gasteiger partial charge in [0.1, 0.15) is 11.3 Å². The highest BCUT2D eigenvalue weighted by Gasteiger charge is 2.22. The van der Waals surface area contributed by atoms with Crippen LogP contribution < -0.4 is 15.0 Å². The summed E-state index contributed by atoms with van der Waals surface area (Å²) >= 11 is 0. The number of ether oxygens (including phenoxy) is 2. The summed E-state index contributed by atoms with van der Waals surface area (Å²) in [4.78, 5) is 25.5. The maximum absolute atomic E-state index is 12.6. The number of amides is 1. The third-order valence-corrected chi connectivity index (χ3v) is 4.41. The second-order valence-electron chi connectivity index (χ2n) is 6.09. The van der Waals surface area contributed by atoms with Crippen molar-refractivity contribution in [1.82, 2.24) is 5.32 Å². The third kappa shape index (κ3) is 4.53. The number of carbonyl (C=O) groups is 1. The molecule has 8 heteroatoms. The van der Waals surface area contributed by atoms with Crippen molar-refractivity contribution < 1.29 is 19.2 Å². The molecule has 1 saturated heterocycles. The highest BCUT2D eigenvalue weighted by Crippen LogP contribution is 2.26. The molecule has 0 unspecified atom stereocenters. The van der Waals surface area contributed by atoms with Gasteiger partial charge in [0.2, 0.25) is 0 Å². The fraction of sp³-hybridized carbons (Fsp3) is 0.316. The Morgan fingerprint density at radius 1 is 1.22 bits per heavy atom. The standard InChI is InChI=1S/C19H21N3O5/c1-26-16-5-2-14(3-6-16)13-20-19(23)17-12-15(4-7-18(17)22(24)25)21-8-10-27-11-9-21/h2-7,12H,8-11,13H2,1H3,(H,20,23). The Kier molecular flexibility index (Phi) is 5.87. The second-order valence-corrected chi connectivity index (χ2v) is 6.09. The van der Waals surface area contributed by atoms with Gasteiger partial charge in [0.05, 0.1) is 25.2 Å². The lowest BCUT2D eigenvalue weighted by Gasteiger charge is -2.29. The first-order chi connectivity index (χ1) is 13.1. The van der Waals surface area contributed by atoms with Crippen molar-refractivity contribution in [1.29, 1.82) is 0 Å². The predicted octanol–water partition coefficient (Wildman–Crippen LogP) is 2.37. The van der Waals surface area contributed by atoms with Gasteiger partial charge in [0.15, 0.2) is 0 Å². The van der Waals surface area contributed by atoms with Crippen LogP contribution in [0.5, 0.6) is 5.75 Å². The van der Waals surface area contributed by atoms with E-state index in [1.54, 1.807) is 31.4 Å². The molecule has 1 aliphatic rings. The van der Waals surface area contributed by atoms with Gasteiger partial charge in [0, 0.05) is 31.4 Å². The molecule has 0 aliphatic carbocycles. The SMILES string of the molecule is COc1ccc(CNC(=O)c2cc(N3CCOCC3)ccc2[N+](=O)[O-])cc1. The number of hydrogen-bond donors (Lipinski definition) is 1. The van der Waals surface area contributed by atoms with Gasteiger partial charge in [0.25, 0.3) is 11.6 Å². The van der Waals surface area contributed by atoms with Crippen molar-refractivity contribution in [2.24, 2.45) is 0 Å². The summed E-state index contributed by atoms with van der Waals surface area (Å²) in [6.07, 6.45) is 0. The summed E-state index contributed by atoms with van der Waals surface area (Å²) in [5, 5.41) is 14.1. The smallest absolute Gasteiger partial charge is 0.282 e. The van der Waals surface area contributed by atoms with Crippen LogP contribution in [0.2, 0.25) is 0 Å². The minimum Gasteiger partial charge on any atom is -0.497 e. The summed E-state index contributed by atoms with van der Waals surface area (Å²) < 4.78 is 10.4. The molecule has 142 valence electrons. The molecule has 1 heterocycles. The molecule has 1 amide bonds. The summed E-state index contributed by atoms with van der Waals surface area (Å²) in [5.41, 5.74) is 1.49. The zero-order chi connectivity index (χ0) is 19.2. The number of hydrogen-bond acceptors (Lipinski definition) is 6. The van der Waals surface area contributed by atoms with Gasteiger partial charge in [-0.1, -0.05) is 12.1 Å². The van der Waals surface area contributed by atoms with Gasteiger partial charge in [-0.15, -0.1) is 0 Å². The lowest BCUT2D eigenvalue weighted by Crippen LogP contribution is -2.36. The monoisotopic (exact) mass is 371 g/mol. The molecule has 2 aromatic rings. The average molecular weight is 371 g/mol. The first kappa shape index (κ1) is 18.7. The van der Waals surface area contributed by atoms with Crippen LogP contribution >= 0.6 is 0 Å². The molecule has 1 fully saturated rings.